The predicted octanol–water partition coefficient (Wildman–Crippen LogP) is 0.445. The van der Waals surface area contributed by atoms with Gasteiger partial charge < -0.3 is 11.1 Å². The number of rotatable bonds is 3. The lowest BCUT2D eigenvalue weighted by Crippen LogP contribution is -2.27. The Morgan fingerprint density at radius 1 is 1.60 bits per heavy atom. The molecular formula is C10H14N4O. The van der Waals surface area contributed by atoms with Gasteiger partial charge in [-0.1, -0.05) is 6.92 Å². The van der Waals surface area contributed by atoms with Crippen LogP contribution in [0, 0.1) is 11.8 Å². The van der Waals surface area contributed by atoms with Gasteiger partial charge in [0.05, 0.1) is 0 Å². The molecule has 1 aromatic heterocycles. The van der Waals surface area contributed by atoms with Crippen molar-refractivity contribution in [3.05, 3.63) is 18.1 Å². The molecule has 0 aliphatic heterocycles. The first-order chi connectivity index (χ1) is 7.18. The number of anilines is 1. The second-order valence-corrected chi connectivity index (χ2v) is 3.97. The molecule has 0 bridgehead atoms. The fraction of sp³-hybridized carbons (Fsp3) is 0.500. The minimum Gasteiger partial charge on any atom is -0.382 e. The summed E-state index contributed by atoms with van der Waals surface area (Å²) in [5.41, 5.74) is 5.75. The van der Waals surface area contributed by atoms with Crippen LogP contribution in [0.1, 0.15) is 23.8 Å². The fourth-order valence-corrected chi connectivity index (χ4v) is 1.51. The van der Waals surface area contributed by atoms with Gasteiger partial charge in [0.15, 0.2) is 11.5 Å². The predicted molar refractivity (Wildman–Crippen MR) is 56.0 cm³/mol. The molecule has 1 saturated carbocycles. The van der Waals surface area contributed by atoms with E-state index in [1.165, 1.54) is 18.8 Å². The number of nitrogens with two attached hydrogens (primary N) is 1. The lowest BCUT2D eigenvalue weighted by Gasteiger charge is -2.04. The third-order valence-electron chi connectivity index (χ3n) is 2.74. The van der Waals surface area contributed by atoms with Crippen molar-refractivity contribution in [3.63, 3.8) is 0 Å². The molecule has 3 N–H and O–H groups in total. The Morgan fingerprint density at radius 3 is 2.87 bits per heavy atom. The van der Waals surface area contributed by atoms with Gasteiger partial charge in [0, 0.05) is 18.9 Å². The van der Waals surface area contributed by atoms with E-state index >= 15 is 0 Å². The molecule has 0 saturated heterocycles. The molecule has 1 aliphatic rings. The third-order valence-corrected chi connectivity index (χ3v) is 2.74. The molecule has 0 radical (unpaired) electrons. The molecule has 5 heteroatoms. The van der Waals surface area contributed by atoms with Gasteiger partial charge in [0.2, 0.25) is 0 Å². The highest BCUT2D eigenvalue weighted by molar-refractivity contribution is 5.96. The van der Waals surface area contributed by atoms with E-state index in [2.05, 4.69) is 22.2 Å². The fourth-order valence-electron chi connectivity index (χ4n) is 1.51. The van der Waals surface area contributed by atoms with Crippen molar-refractivity contribution in [2.45, 2.75) is 13.3 Å². The molecular weight excluding hydrogens is 192 g/mol. The topological polar surface area (TPSA) is 80.9 Å². The van der Waals surface area contributed by atoms with E-state index in [0.717, 1.165) is 5.92 Å². The summed E-state index contributed by atoms with van der Waals surface area (Å²) in [7, 11) is 0. The van der Waals surface area contributed by atoms with Crippen LogP contribution >= 0.6 is 0 Å². The number of nitrogens with one attached hydrogen (secondary N) is 1. The summed E-state index contributed by atoms with van der Waals surface area (Å²) in [5.74, 6) is 1.29. The minimum atomic E-state index is -0.236. The van der Waals surface area contributed by atoms with Gasteiger partial charge in [0.25, 0.3) is 5.91 Å². The molecule has 80 valence electrons. The maximum absolute atomic E-state index is 11.6. The molecule has 15 heavy (non-hydrogen) atoms. The van der Waals surface area contributed by atoms with Crippen LogP contribution in [0.2, 0.25) is 0 Å². The molecule has 1 aliphatic carbocycles. The summed E-state index contributed by atoms with van der Waals surface area (Å²) in [6.07, 6.45) is 4.12. The van der Waals surface area contributed by atoms with E-state index in [9.17, 15) is 4.79 Å². The van der Waals surface area contributed by atoms with Gasteiger partial charge in [-0.15, -0.1) is 0 Å². The maximum atomic E-state index is 11.6. The number of hydrogen-bond donors (Lipinski definition) is 2. The summed E-state index contributed by atoms with van der Waals surface area (Å²) >= 11 is 0. The maximum Gasteiger partial charge on any atom is 0.273 e. The first-order valence-electron chi connectivity index (χ1n) is 5.03. The van der Waals surface area contributed by atoms with Crippen molar-refractivity contribution >= 4 is 11.7 Å². The molecule has 0 unspecified atom stereocenters. The molecule has 2 atom stereocenters. The summed E-state index contributed by atoms with van der Waals surface area (Å²) in [6, 6.07) is 0. The molecule has 1 aromatic rings. The van der Waals surface area contributed by atoms with Crippen molar-refractivity contribution in [1.82, 2.24) is 15.3 Å². The van der Waals surface area contributed by atoms with Gasteiger partial charge in [-0.25, -0.2) is 9.97 Å². The van der Waals surface area contributed by atoms with Crippen LogP contribution in [0.25, 0.3) is 0 Å². The number of nitrogens with zero attached hydrogens (tertiary/aromatic N) is 2. The van der Waals surface area contributed by atoms with Gasteiger partial charge in [-0.3, -0.25) is 4.79 Å². The Hall–Kier alpha value is -1.65. The van der Waals surface area contributed by atoms with Gasteiger partial charge in [0.1, 0.15) is 0 Å². The zero-order valence-corrected chi connectivity index (χ0v) is 8.60. The Labute approximate surface area is 88.1 Å². The molecule has 0 spiro atoms. The van der Waals surface area contributed by atoms with Crippen molar-refractivity contribution in [2.75, 3.05) is 12.3 Å². The molecule has 1 heterocycles. The van der Waals surface area contributed by atoms with Crippen LogP contribution in [-0.4, -0.2) is 22.4 Å². The van der Waals surface area contributed by atoms with E-state index in [1.807, 2.05) is 0 Å². The van der Waals surface area contributed by atoms with Gasteiger partial charge in [-0.05, 0) is 18.3 Å². The van der Waals surface area contributed by atoms with E-state index in [1.54, 1.807) is 0 Å². The van der Waals surface area contributed by atoms with E-state index in [0.29, 0.717) is 12.5 Å². The Kier molecular flexibility index (Phi) is 2.53. The van der Waals surface area contributed by atoms with Crippen molar-refractivity contribution < 1.29 is 4.79 Å². The van der Waals surface area contributed by atoms with Crippen molar-refractivity contribution in [2.24, 2.45) is 11.8 Å². The first kappa shape index (κ1) is 9.89. The smallest absolute Gasteiger partial charge is 0.273 e. The van der Waals surface area contributed by atoms with Crippen LogP contribution in [0.15, 0.2) is 12.4 Å². The minimum absolute atomic E-state index is 0.179. The Morgan fingerprint density at radius 2 is 2.27 bits per heavy atom. The lowest BCUT2D eigenvalue weighted by molar-refractivity contribution is 0.0947. The van der Waals surface area contributed by atoms with Gasteiger partial charge >= 0.3 is 0 Å². The van der Waals surface area contributed by atoms with Crippen LogP contribution in [0.5, 0.6) is 0 Å². The second-order valence-electron chi connectivity index (χ2n) is 3.97. The normalized spacial score (nSPS) is 23.5. The standard InChI is InChI=1S/C10H14N4O/c1-6-4-7(6)5-14-10(15)8-9(11)13-3-2-12-8/h2-3,6-7H,4-5H2,1H3,(H2,11,13)(H,14,15)/t6-,7-/m1/s1. The van der Waals surface area contributed by atoms with Crippen LogP contribution in [-0.2, 0) is 0 Å². The highest BCUT2D eigenvalue weighted by Gasteiger charge is 2.32. The quantitative estimate of drug-likeness (QED) is 0.752. The number of carbonyl (C=O) groups is 1. The Balaban J connectivity index is 1.93. The number of nitrogen functional groups attached to an aromatic ring is 1. The molecule has 1 fully saturated rings. The van der Waals surface area contributed by atoms with Crippen molar-refractivity contribution in [1.29, 1.82) is 0 Å². The summed E-state index contributed by atoms with van der Waals surface area (Å²) in [4.78, 5) is 19.3. The highest BCUT2D eigenvalue weighted by atomic mass is 16.1. The number of carbonyl (C=O) groups excluding carboxylic acids is 1. The average Bonchev–Trinajstić information content (AvgIpc) is 2.92. The van der Waals surface area contributed by atoms with Crippen LogP contribution in [0.3, 0.4) is 0 Å². The summed E-state index contributed by atoms with van der Waals surface area (Å²) in [6.45, 7) is 2.88. The molecule has 2 rings (SSSR count). The van der Waals surface area contributed by atoms with Crippen molar-refractivity contribution in [3.8, 4) is 0 Å². The molecule has 0 aromatic carbocycles. The summed E-state index contributed by atoms with van der Waals surface area (Å²) in [5, 5.41) is 2.81. The largest absolute Gasteiger partial charge is 0.382 e. The number of aromatic nitrogens is 2. The molecule has 5 nitrogen and oxygen atoms in total. The third kappa shape index (κ3) is 2.23. The molecule has 1 amide bonds. The average molecular weight is 206 g/mol. The van der Waals surface area contributed by atoms with Gasteiger partial charge in [-0.2, -0.15) is 0 Å². The van der Waals surface area contributed by atoms with Crippen LogP contribution in [0.4, 0.5) is 5.82 Å². The van der Waals surface area contributed by atoms with E-state index in [-0.39, 0.29) is 17.4 Å². The zero-order chi connectivity index (χ0) is 10.8. The lowest BCUT2D eigenvalue weighted by atomic mass is 10.3. The number of amides is 1. The monoisotopic (exact) mass is 206 g/mol. The second kappa shape index (κ2) is 3.84. The zero-order valence-electron chi connectivity index (χ0n) is 8.60. The highest BCUT2D eigenvalue weighted by Crippen LogP contribution is 2.36. The van der Waals surface area contributed by atoms with Crippen LogP contribution < -0.4 is 11.1 Å². The SMILES string of the molecule is C[C@@H]1C[C@@H]1CNC(=O)c1nccnc1N. The first-order valence-corrected chi connectivity index (χ1v) is 5.03. The number of hydrogen-bond acceptors (Lipinski definition) is 4. The Bertz CT molecular complexity index is 379. The summed E-state index contributed by atoms with van der Waals surface area (Å²) < 4.78 is 0. The van der Waals surface area contributed by atoms with E-state index < -0.39 is 0 Å². The van der Waals surface area contributed by atoms with E-state index in [4.69, 9.17) is 5.73 Å².